The fourth-order valence-corrected chi connectivity index (χ4v) is 4.24. The summed E-state index contributed by atoms with van der Waals surface area (Å²) < 4.78 is 12.9. The largest absolute Gasteiger partial charge is 0.468 e. The van der Waals surface area contributed by atoms with Gasteiger partial charge in [0.05, 0.1) is 7.11 Å². The van der Waals surface area contributed by atoms with Crippen molar-refractivity contribution in [2.75, 3.05) is 7.11 Å². The lowest BCUT2D eigenvalue weighted by Gasteiger charge is -2.39. The van der Waals surface area contributed by atoms with E-state index in [1.165, 1.54) is 18.4 Å². The first-order chi connectivity index (χ1) is 11.7. The molecule has 8 heteroatoms. The summed E-state index contributed by atoms with van der Waals surface area (Å²) in [6, 6.07) is 0. The van der Waals surface area contributed by atoms with Crippen molar-refractivity contribution in [1.82, 2.24) is 14.5 Å². The zero-order valence-corrected chi connectivity index (χ0v) is 15.0. The zero-order chi connectivity index (χ0) is 17.0. The van der Waals surface area contributed by atoms with E-state index in [4.69, 9.17) is 21.7 Å². The van der Waals surface area contributed by atoms with E-state index in [1.54, 1.807) is 29.5 Å². The number of hydrogen-bond donors (Lipinski definition) is 0. The van der Waals surface area contributed by atoms with Crippen LogP contribution in [0.4, 0.5) is 0 Å². The summed E-state index contributed by atoms with van der Waals surface area (Å²) in [5, 5.41) is 2.87. The smallest absolute Gasteiger partial charge is 0.316 e. The van der Waals surface area contributed by atoms with Crippen LogP contribution in [0.5, 0.6) is 0 Å². The topological polar surface area (TPSA) is 66.2 Å². The van der Waals surface area contributed by atoms with Gasteiger partial charge in [0.25, 0.3) is 5.17 Å². The van der Waals surface area contributed by atoms with Crippen LogP contribution < -0.4 is 0 Å². The summed E-state index contributed by atoms with van der Waals surface area (Å²) in [6.45, 7) is 0. The number of nitrogens with zero attached hydrogens (tertiary/aromatic N) is 3. The van der Waals surface area contributed by atoms with E-state index in [9.17, 15) is 4.79 Å². The number of thiazole rings is 1. The van der Waals surface area contributed by atoms with Gasteiger partial charge in [-0.3, -0.25) is 9.36 Å². The van der Waals surface area contributed by atoms with Gasteiger partial charge < -0.3 is 9.47 Å². The van der Waals surface area contributed by atoms with Crippen LogP contribution in [0.3, 0.4) is 0 Å². The van der Waals surface area contributed by atoms with Crippen molar-refractivity contribution in [3.63, 3.8) is 0 Å². The van der Waals surface area contributed by atoms with Gasteiger partial charge in [0.2, 0.25) is 0 Å². The van der Waals surface area contributed by atoms with E-state index >= 15 is 0 Å². The van der Waals surface area contributed by atoms with Gasteiger partial charge in [-0.1, -0.05) is 19.3 Å². The number of thiocarbonyl (C=S) groups is 1. The predicted molar refractivity (Wildman–Crippen MR) is 93.7 cm³/mol. The van der Waals surface area contributed by atoms with Gasteiger partial charge in [-0.15, -0.1) is 11.3 Å². The Bertz CT molecular complexity index is 680. The molecule has 1 aliphatic rings. The molecule has 0 aromatic carbocycles. The van der Waals surface area contributed by atoms with Crippen molar-refractivity contribution in [1.29, 1.82) is 0 Å². The number of esters is 1. The molecule has 0 amide bonds. The van der Waals surface area contributed by atoms with Crippen molar-refractivity contribution >= 4 is 34.7 Å². The average molecular weight is 365 g/mol. The van der Waals surface area contributed by atoms with Gasteiger partial charge in [-0.2, -0.15) is 0 Å². The Morgan fingerprint density at radius 3 is 2.75 bits per heavy atom. The second kappa shape index (κ2) is 7.40. The van der Waals surface area contributed by atoms with Gasteiger partial charge in [0, 0.05) is 24.0 Å². The number of ether oxygens (including phenoxy) is 2. The van der Waals surface area contributed by atoms with Crippen LogP contribution in [0, 0.1) is 5.41 Å². The molecule has 0 radical (unpaired) electrons. The molecule has 1 fully saturated rings. The molecular formula is C16H19N3O3S2. The number of methoxy groups -OCH3 is 1. The molecule has 2 aromatic rings. The molecule has 0 bridgehead atoms. The van der Waals surface area contributed by atoms with E-state index in [0.29, 0.717) is 12.8 Å². The molecule has 0 saturated heterocycles. The van der Waals surface area contributed by atoms with Crippen molar-refractivity contribution < 1.29 is 14.3 Å². The van der Waals surface area contributed by atoms with Gasteiger partial charge in [-0.25, -0.2) is 9.97 Å². The van der Waals surface area contributed by atoms with Crippen LogP contribution in [-0.4, -0.2) is 32.8 Å². The van der Waals surface area contributed by atoms with Crippen molar-refractivity contribution in [3.8, 4) is 0 Å². The normalized spacial score (nSPS) is 17.9. The summed E-state index contributed by atoms with van der Waals surface area (Å²) >= 11 is 6.85. The van der Waals surface area contributed by atoms with Crippen molar-refractivity contribution in [2.24, 2.45) is 5.41 Å². The molecular weight excluding hydrogens is 346 g/mol. The molecule has 1 atom stereocenters. The molecule has 0 spiro atoms. The van der Waals surface area contributed by atoms with Crippen LogP contribution in [-0.2, 0) is 14.3 Å². The summed E-state index contributed by atoms with van der Waals surface area (Å²) in [6.07, 6.45) is 10.5. The molecule has 2 aromatic heterocycles. The molecule has 6 nitrogen and oxygen atoms in total. The lowest BCUT2D eigenvalue weighted by molar-refractivity contribution is -0.163. The molecule has 2 heterocycles. The minimum absolute atomic E-state index is 0.251. The van der Waals surface area contributed by atoms with Crippen LogP contribution in [0.25, 0.3) is 0 Å². The fourth-order valence-electron chi connectivity index (χ4n) is 3.25. The predicted octanol–water partition coefficient (Wildman–Crippen LogP) is 3.35. The summed E-state index contributed by atoms with van der Waals surface area (Å²) in [5.41, 5.74) is -0.754. The van der Waals surface area contributed by atoms with E-state index in [1.807, 2.05) is 5.38 Å². The average Bonchev–Trinajstić information content (AvgIpc) is 3.32. The second-order valence-corrected chi connectivity index (χ2v) is 7.09. The molecule has 0 aliphatic heterocycles. The van der Waals surface area contributed by atoms with E-state index in [0.717, 1.165) is 24.3 Å². The highest BCUT2D eigenvalue weighted by Crippen LogP contribution is 2.49. The Kier molecular flexibility index (Phi) is 5.25. The third-order valence-electron chi connectivity index (χ3n) is 4.45. The maximum Gasteiger partial charge on any atom is 0.316 e. The number of carbonyl (C=O) groups excluding carboxylic acids is 1. The molecule has 24 heavy (non-hydrogen) atoms. The molecule has 1 saturated carbocycles. The SMILES string of the molecule is COC(=O)C1(C(OC(=S)n2ccnc2)c2nccs2)CCCCC1. The van der Waals surface area contributed by atoms with Crippen LogP contribution >= 0.6 is 23.6 Å². The number of rotatable bonds is 4. The second-order valence-electron chi connectivity index (χ2n) is 5.81. The maximum atomic E-state index is 12.7. The third-order valence-corrected chi connectivity index (χ3v) is 5.58. The van der Waals surface area contributed by atoms with Crippen molar-refractivity contribution in [3.05, 3.63) is 35.3 Å². The lowest BCUT2D eigenvalue weighted by atomic mass is 9.70. The Morgan fingerprint density at radius 1 is 1.38 bits per heavy atom. The number of aromatic nitrogens is 3. The Morgan fingerprint density at radius 2 is 2.17 bits per heavy atom. The summed E-state index contributed by atoms with van der Waals surface area (Å²) in [4.78, 5) is 21.1. The Labute approximate surface area is 149 Å². The van der Waals surface area contributed by atoms with E-state index in [2.05, 4.69) is 9.97 Å². The van der Waals surface area contributed by atoms with Gasteiger partial charge >= 0.3 is 5.97 Å². The van der Waals surface area contributed by atoms with Gasteiger partial charge in [0.15, 0.2) is 6.10 Å². The monoisotopic (exact) mass is 365 g/mol. The lowest BCUT2D eigenvalue weighted by Crippen LogP contribution is -2.42. The highest BCUT2D eigenvalue weighted by Gasteiger charge is 2.51. The quantitative estimate of drug-likeness (QED) is 0.611. The minimum Gasteiger partial charge on any atom is -0.468 e. The molecule has 3 rings (SSSR count). The third kappa shape index (κ3) is 3.21. The molecule has 128 valence electrons. The van der Waals surface area contributed by atoms with Crippen LogP contribution in [0.1, 0.15) is 43.2 Å². The molecule has 1 unspecified atom stereocenters. The van der Waals surface area contributed by atoms with Gasteiger partial charge in [0.1, 0.15) is 16.7 Å². The number of carbonyl (C=O) groups is 1. The van der Waals surface area contributed by atoms with Crippen LogP contribution in [0.15, 0.2) is 30.3 Å². The number of imidazole rings is 1. The first-order valence-corrected chi connectivity index (χ1v) is 9.13. The summed E-state index contributed by atoms with van der Waals surface area (Å²) in [5.74, 6) is -0.254. The maximum absolute atomic E-state index is 12.7. The Hall–Kier alpha value is -1.80. The first-order valence-electron chi connectivity index (χ1n) is 7.84. The zero-order valence-electron chi connectivity index (χ0n) is 13.4. The first kappa shape index (κ1) is 17.0. The highest BCUT2D eigenvalue weighted by molar-refractivity contribution is 7.80. The van der Waals surface area contributed by atoms with Crippen molar-refractivity contribution in [2.45, 2.75) is 38.2 Å². The van der Waals surface area contributed by atoms with E-state index in [-0.39, 0.29) is 11.1 Å². The summed E-state index contributed by atoms with van der Waals surface area (Å²) in [7, 11) is 1.42. The highest BCUT2D eigenvalue weighted by atomic mass is 32.1. The molecule has 0 N–H and O–H groups in total. The molecule has 1 aliphatic carbocycles. The Balaban J connectivity index is 1.96. The standard InChI is InChI=1S/C16H19N3O3S2/c1-21-14(20)16(5-3-2-4-6-16)12(13-18-8-10-24-13)22-15(23)19-9-7-17-11-19/h7-12H,2-6H2,1H3. The minimum atomic E-state index is -0.754. The van der Waals surface area contributed by atoms with Crippen LogP contribution in [0.2, 0.25) is 0 Å². The number of hydrogen-bond acceptors (Lipinski definition) is 7. The fraction of sp³-hybridized carbons (Fsp3) is 0.500. The van der Waals surface area contributed by atoms with Gasteiger partial charge in [-0.05, 0) is 25.1 Å². The van der Waals surface area contributed by atoms with E-state index < -0.39 is 11.5 Å².